The van der Waals surface area contributed by atoms with Crippen LogP contribution in [0.4, 0.5) is 8.78 Å². The van der Waals surface area contributed by atoms with Crippen molar-refractivity contribution in [2.75, 3.05) is 6.61 Å². The Balaban J connectivity index is 2.26. The van der Waals surface area contributed by atoms with E-state index in [1.54, 1.807) is 48.5 Å². The Morgan fingerprint density at radius 1 is 1.17 bits per heavy atom. The maximum atomic E-state index is 14.6. The molecule has 0 aliphatic rings. The van der Waals surface area contributed by atoms with E-state index in [1.165, 1.54) is 6.92 Å². The number of benzene rings is 2. The second-order valence-electron chi connectivity index (χ2n) is 5.10. The maximum Gasteiger partial charge on any atom is 0.399 e. The number of para-hydroxylation sites is 1. The molecule has 0 aliphatic carbocycles. The number of esters is 1. The van der Waals surface area contributed by atoms with Crippen LogP contribution in [0.1, 0.15) is 12.7 Å². The van der Waals surface area contributed by atoms with E-state index in [1.807, 2.05) is 0 Å². The van der Waals surface area contributed by atoms with Gasteiger partial charge in [-0.15, -0.1) is 0 Å². The van der Waals surface area contributed by atoms with E-state index in [4.69, 9.17) is 4.42 Å². The molecule has 0 aliphatic heterocycles. The molecule has 24 heavy (non-hydrogen) atoms. The van der Waals surface area contributed by atoms with Crippen molar-refractivity contribution in [3.63, 3.8) is 0 Å². The Bertz CT molecular complexity index is 885. The topological polar surface area (TPSA) is 39.4 Å². The number of alkyl halides is 2. The van der Waals surface area contributed by atoms with Gasteiger partial charge in [-0.25, -0.2) is 4.79 Å². The Morgan fingerprint density at radius 3 is 2.50 bits per heavy atom. The number of ether oxygens (including phenoxy) is 1. The Kier molecular flexibility index (Phi) is 4.41. The summed E-state index contributed by atoms with van der Waals surface area (Å²) in [5.41, 5.74) is 1.01. The highest BCUT2D eigenvalue weighted by molar-refractivity contribution is 9.10. The third-order valence-corrected chi connectivity index (χ3v) is 4.07. The number of fused-ring (bicyclic) bond motifs is 1. The minimum atomic E-state index is -3.88. The van der Waals surface area contributed by atoms with Crippen molar-refractivity contribution in [3.05, 3.63) is 58.8 Å². The molecule has 0 saturated carbocycles. The average molecular weight is 395 g/mol. The normalized spacial score (nSPS) is 11.7. The monoisotopic (exact) mass is 394 g/mol. The predicted octanol–water partition coefficient (Wildman–Crippen LogP) is 5.52. The zero-order valence-corrected chi connectivity index (χ0v) is 14.3. The van der Waals surface area contributed by atoms with Crippen molar-refractivity contribution < 1.29 is 22.7 Å². The molecule has 0 fully saturated rings. The van der Waals surface area contributed by atoms with Gasteiger partial charge in [0.15, 0.2) is 5.76 Å². The van der Waals surface area contributed by atoms with Gasteiger partial charge in [0.1, 0.15) is 5.58 Å². The van der Waals surface area contributed by atoms with Gasteiger partial charge < -0.3 is 9.15 Å². The zero-order chi connectivity index (χ0) is 17.3. The van der Waals surface area contributed by atoms with Crippen molar-refractivity contribution in [1.82, 2.24) is 0 Å². The molecule has 3 aromatic rings. The van der Waals surface area contributed by atoms with Crippen LogP contribution in [0, 0.1) is 0 Å². The molecule has 0 N–H and O–H groups in total. The first-order chi connectivity index (χ1) is 11.4. The van der Waals surface area contributed by atoms with Gasteiger partial charge in [0.25, 0.3) is 0 Å². The summed E-state index contributed by atoms with van der Waals surface area (Å²) in [5, 5.41) is 0.513. The minimum Gasteiger partial charge on any atom is -0.461 e. The van der Waals surface area contributed by atoms with Crippen molar-refractivity contribution in [2.24, 2.45) is 0 Å². The van der Waals surface area contributed by atoms with Crippen LogP contribution in [0.5, 0.6) is 0 Å². The Morgan fingerprint density at radius 2 is 1.83 bits per heavy atom. The fourth-order valence-electron chi connectivity index (χ4n) is 2.48. The lowest BCUT2D eigenvalue weighted by Crippen LogP contribution is -2.28. The standard InChI is InChI=1S/C18H13BrF2O3/c1-2-23-17(22)18(20,21)16-15(11-7-9-12(19)10-8-11)13-5-3-4-6-14(13)24-16/h3-10H,2H2,1H3. The van der Waals surface area contributed by atoms with Gasteiger partial charge in [-0.3, -0.25) is 0 Å². The van der Waals surface area contributed by atoms with Gasteiger partial charge in [0, 0.05) is 15.4 Å². The molecule has 0 saturated heterocycles. The van der Waals surface area contributed by atoms with Crippen LogP contribution in [0.2, 0.25) is 0 Å². The van der Waals surface area contributed by atoms with Crippen LogP contribution >= 0.6 is 15.9 Å². The lowest BCUT2D eigenvalue weighted by atomic mass is 9.99. The average Bonchev–Trinajstić information content (AvgIpc) is 2.96. The molecule has 6 heteroatoms. The van der Waals surface area contributed by atoms with Crippen molar-refractivity contribution in [2.45, 2.75) is 12.8 Å². The number of rotatable bonds is 4. The first kappa shape index (κ1) is 16.6. The number of hydrogen-bond donors (Lipinski definition) is 0. The number of hydrogen-bond acceptors (Lipinski definition) is 3. The van der Waals surface area contributed by atoms with Crippen LogP contribution in [0.25, 0.3) is 22.1 Å². The molecule has 0 radical (unpaired) electrons. The molecule has 0 atom stereocenters. The Labute approximate surface area is 145 Å². The third-order valence-electron chi connectivity index (χ3n) is 3.55. The quantitative estimate of drug-likeness (QED) is 0.547. The third kappa shape index (κ3) is 2.82. The lowest BCUT2D eigenvalue weighted by molar-refractivity contribution is -0.175. The second kappa shape index (κ2) is 6.36. The van der Waals surface area contributed by atoms with Crippen LogP contribution in [0.15, 0.2) is 57.4 Å². The largest absolute Gasteiger partial charge is 0.461 e. The summed E-state index contributed by atoms with van der Waals surface area (Å²) < 4.78 is 39.9. The van der Waals surface area contributed by atoms with Crippen molar-refractivity contribution >= 4 is 32.9 Å². The fraction of sp³-hybridized carbons (Fsp3) is 0.167. The van der Waals surface area contributed by atoms with E-state index in [9.17, 15) is 13.6 Å². The van der Waals surface area contributed by atoms with E-state index in [-0.39, 0.29) is 17.8 Å². The molecule has 124 valence electrons. The molecule has 1 heterocycles. The summed E-state index contributed by atoms with van der Waals surface area (Å²) in [7, 11) is 0. The Hall–Kier alpha value is -2.21. The SMILES string of the molecule is CCOC(=O)C(F)(F)c1oc2ccccc2c1-c1ccc(Br)cc1. The molecule has 0 spiro atoms. The molecule has 0 bridgehead atoms. The van der Waals surface area contributed by atoms with Gasteiger partial charge in [-0.05, 0) is 30.7 Å². The molecular formula is C18H13BrF2O3. The van der Waals surface area contributed by atoms with Crippen molar-refractivity contribution in [1.29, 1.82) is 0 Å². The van der Waals surface area contributed by atoms with Crippen LogP contribution < -0.4 is 0 Å². The van der Waals surface area contributed by atoms with Crippen LogP contribution in [-0.4, -0.2) is 12.6 Å². The van der Waals surface area contributed by atoms with Gasteiger partial charge in [0.2, 0.25) is 0 Å². The number of carbonyl (C=O) groups excluding carboxylic acids is 1. The van der Waals surface area contributed by atoms with Gasteiger partial charge in [0.05, 0.1) is 6.61 Å². The number of carbonyl (C=O) groups is 1. The molecule has 1 aromatic heterocycles. The molecule has 3 rings (SSSR count). The van der Waals surface area contributed by atoms with Gasteiger partial charge >= 0.3 is 11.9 Å². The molecule has 0 amide bonds. The molecular weight excluding hydrogens is 382 g/mol. The summed E-state index contributed by atoms with van der Waals surface area (Å²) >= 11 is 3.31. The van der Waals surface area contributed by atoms with Crippen molar-refractivity contribution in [3.8, 4) is 11.1 Å². The number of halogens is 3. The second-order valence-corrected chi connectivity index (χ2v) is 6.02. The van der Waals surface area contributed by atoms with E-state index < -0.39 is 17.7 Å². The van der Waals surface area contributed by atoms with Gasteiger partial charge in [-0.2, -0.15) is 8.78 Å². The summed E-state index contributed by atoms with van der Waals surface area (Å²) in [4.78, 5) is 11.7. The smallest absolute Gasteiger partial charge is 0.399 e. The lowest BCUT2D eigenvalue weighted by Gasteiger charge is -2.14. The highest BCUT2D eigenvalue weighted by Gasteiger charge is 2.48. The fourth-order valence-corrected chi connectivity index (χ4v) is 2.75. The molecule has 3 nitrogen and oxygen atoms in total. The summed E-state index contributed by atoms with van der Waals surface area (Å²) in [5.74, 6) is -6.20. The highest BCUT2D eigenvalue weighted by atomic mass is 79.9. The van der Waals surface area contributed by atoms with E-state index in [0.29, 0.717) is 10.9 Å². The van der Waals surface area contributed by atoms with E-state index >= 15 is 0 Å². The molecule has 2 aromatic carbocycles. The predicted molar refractivity (Wildman–Crippen MR) is 89.9 cm³/mol. The highest BCUT2D eigenvalue weighted by Crippen LogP contribution is 2.43. The summed E-state index contributed by atoms with van der Waals surface area (Å²) in [6, 6.07) is 13.5. The van der Waals surface area contributed by atoms with Crippen LogP contribution in [0.3, 0.4) is 0 Å². The van der Waals surface area contributed by atoms with E-state index in [2.05, 4.69) is 20.7 Å². The zero-order valence-electron chi connectivity index (χ0n) is 12.7. The van der Waals surface area contributed by atoms with Gasteiger partial charge in [-0.1, -0.05) is 46.3 Å². The minimum absolute atomic E-state index is 0.137. The summed E-state index contributed by atoms with van der Waals surface area (Å²) in [6.07, 6.45) is 0. The maximum absolute atomic E-state index is 14.6. The summed E-state index contributed by atoms with van der Waals surface area (Å²) in [6.45, 7) is 1.34. The van der Waals surface area contributed by atoms with Crippen LogP contribution in [-0.2, 0) is 15.5 Å². The van der Waals surface area contributed by atoms with E-state index in [0.717, 1.165) is 4.47 Å². The first-order valence-electron chi connectivity index (χ1n) is 7.28. The molecule has 0 unspecified atom stereocenters. The number of furan rings is 1. The first-order valence-corrected chi connectivity index (χ1v) is 8.07.